The van der Waals surface area contributed by atoms with E-state index in [-0.39, 0.29) is 0 Å². The van der Waals surface area contributed by atoms with E-state index in [0.29, 0.717) is 44.9 Å². The third-order valence-electron chi connectivity index (χ3n) is 13.5. The summed E-state index contributed by atoms with van der Waals surface area (Å²) < 4.78 is 17.9. The first-order valence-electron chi connectivity index (χ1n) is 28.0. The van der Waals surface area contributed by atoms with E-state index >= 15 is 0 Å². The number of nitrogens with zero attached hydrogens (tertiary/aromatic N) is 5. The Morgan fingerprint density at radius 2 is 1.49 bits per heavy atom. The zero-order chi connectivity index (χ0) is 52.2. The van der Waals surface area contributed by atoms with Crippen LogP contribution in [0.4, 0.5) is 17.3 Å². The van der Waals surface area contributed by atoms with Gasteiger partial charge in [0.05, 0.1) is 44.4 Å². The standard InChI is InChI=1S/C34H41NO.C26H31N5O2.C3H8.C2H6/c1-26-17-20-33-24-29-18-19-30(15-8-13-27-10-5-6-11-27)32(23-29)25-36-21-7-3-2-4-12-28-14-9-16-31(22-28)34(26)35-33;1-3-4-14-31(2)24-9-8-22-17-21(24)19-32-15-6-5-7-16-33-25-18-20(10-12-27-25)23-11-13-28-26(29-22)30-23;1-3-2;1-2/h3,7,9,14,16-20,22-23,27H,2,4-6,8,10-13,15,21,24-25H2,1H3;5-6,8-13,17-18H,3-4,7,14-16,19H2,1-2H3,(H,28,29,30);3H2,1-2H3;1-2H3/b7-3+;6-5+;;. The van der Waals surface area contributed by atoms with Gasteiger partial charge in [-0.2, -0.15) is 0 Å². The van der Waals surface area contributed by atoms with Gasteiger partial charge in [-0.05, 0) is 128 Å². The van der Waals surface area contributed by atoms with Gasteiger partial charge >= 0.3 is 0 Å². The molecule has 1 aliphatic carbocycles. The van der Waals surface area contributed by atoms with Crippen LogP contribution in [0.25, 0.3) is 22.5 Å². The van der Waals surface area contributed by atoms with Gasteiger partial charge in [-0.3, -0.25) is 4.98 Å². The molecule has 9 nitrogen and oxygen atoms in total. The number of unbranched alkanes of at least 4 members (excludes halogenated alkanes) is 1. The summed E-state index contributed by atoms with van der Waals surface area (Å²) in [6.07, 6.45) is 30.2. The predicted octanol–water partition coefficient (Wildman–Crippen LogP) is 16.4. The number of anilines is 3. The molecule has 3 aromatic carbocycles. The van der Waals surface area contributed by atoms with Crippen molar-refractivity contribution < 1.29 is 14.2 Å². The molecule has 6 aromatic rings. The molecule has 3 aromatic heterocycles. The van der Waals surface area contributed by atoms with Crippen molar-refractivity contribution in [2.45, 2.75) is 151 Å². The molecule has 0 unspecified atom stereocenters. The van der Waals surface area contributed by atoms with Gasteiger partial charge in [0.2, 0.25) is 11.8 Å². The molecule has 0 saturated heterocycles. The van der Waals surface area contributed by atoms with E-state index in [1.807, 2.05) is 38.1 Å². The molecule has 394 valence electrons. The van der Waals surface area contributed by atoms with Gasteiger partial charge in [0.1, 0.15) is 0 Å². The van der Waals surface area contributed by atoms with Crippen molar-refractivity contribution in [3.05, 3.63) is 167 Å². The van der Waals surface area contributed by atoms with Crippen LogP contribution in [0.2, 0.25) is 0 Å². The van der Waals surface area contributed by atoms with E-state index in [0.717, 1.165) is 97.7 Å². The van der Waals surface area contributed by atoms with Gasteiger partial charge in [0.15, 0.2) is 0 Å². The molecule has 0 atom stereocenters. The number of aryl methyl sites for hydroxylation is 3. The van der Waals surface area contributed by atoms with Gasteiger partial charge in [0, 0.05) is 72.2 Å². The van der Waals surface area contributed by atoms with E-state index in [1.54, 1.807) is 12.4 Å². The van der Waals surface area contributed by atoms with E-state index < -0.39 is 0 Å². The maximum Gasteiger partial charge on any atom is 0.227 e. The highest BCUT2D eigenvalue weighted by Gasteiger charge is 2.16. The topological polar surface area (TPSA) is 94.5 Å². The Hall–Kier alpha value is -6.16. The lowest BCUT2D eigenvalue weighted by Crippen LogP contribution is -2.20. The first kappa shape index (κ1) is 57.1. The molecule has 0 radical (unpaired) electrons. The van der Waals surface area contributed by atoms with Gasteiger partial charge in [0.25, 0.3) is 0 Å². The highest BCUT2D eigenvalue weighted by atomic mass is 16.5. The lowest BCUT2D eigenvalue weighted by Gasteiger charge is -2.23. The van der Waals surface area contributed by atoms with E-state index in [9.17, 15) is 0 Å². The van der Waals surface area contributed by atoms with E-state index in [1.165, 1.54) is 84.0 Å². The fourth-order valence-electron chi connectivity index (χ4n) is 9.62. The Morgan fingerprint density at radius 3 is 2.30 bits per heavy atom. The molecular formula is C65H86N6O3. The number of hydrogen-bond acceptors (Lipinski definition) is 9. The van der Waals surface area contributed by atoms with Crippen molar-refractivity contribution >= 4 is 17.3 Å². The van der Waals surface area contributed by atoms with Crippen LogP contribution in [0, 0.1) is 12.8 Å². The maximum atomic E-state index is 6.13. The number of nitrogens with one attached hydrogen (secondary N) is 1. The van der Waals surface area contributed by atoms with Crippen LogP contribution >= 0.6 is 0 Å². The second-order valence-electron chi connectivity index (χ2n) is 19.6. The minimum atomic E-state index is 0.525. The van der Waals surface area contributed by atoms with Crippen molar-refractivity contribution in [1.82, 2.24) is 19.9 Å². The molecule has 3 aliphatic rings. The summed E-state index contributed by atoms with van der Waals surface area (Å²) in [5.74, 6) is 2.08. The summed E-state index contributed by atoms with van der Waals surface area (Å²) in [4.78, 5) is 20.8. The average Bonchev–Trinajstić information content (AvgIpc) is 3.95. The largest absolute Gasteiger partial charge is 0.477 e. The molecule has 9 heteroatoms. The van der Waals surface area contributed by atoms with Crippen molar-refractivity contribution in [3.8, 4) is 28.4 Å². The third kappa shape index (κ3) is 18.6. The Balaban J connectivity index is 0.000000223. The molecule has 2 aliphatic heterocycles. The first-order valence-corrected chi connectivity index (χ1v) is 28.0. The summed E-state index contributed by atoms with van der Waals surface area (Å²) in [7, 11) is 2.13. The van der Waals surface area contributed by atoms with Crippen molar-refractivity contribution in [2.75, 3.05) is 43.6 Å². The Morgan fingerprint density at radius 1 is 0.703 bits per heavy atom. The maximum absolute atomic E-state index is 6.13. The fraction of sp³-hybridized carbons (Fsp3) is 0.446. The highest BCUT2D eigenvalue weighted by Crippen LogP contribution is 2.31. The van der Waals surface area contributed by atoms with Gasteiger partial charge < -0.3 is 24.4 Å². The second kappa shape index (κ2) is 32.2. The van der Waals surface area contributed by atoms with Crippen molar-refractivity contribution in [1.29, 1.82) is 0 Å². The number of hydrogen-bond donors (Lipinski definition) is 1. The quantitative estimate of drug-likeness (QED) is 0.150. The van der Waals surface area contributed by atoms with Crippen LogP contribution in [0.3, 0.4) is 0 Å². The number of aromatic nitrogens is 4. The molecular weight excluding hydrogens is 913 g/mol. The molecule has 1 saturated carbocycles. The fourth-order valence-corrected chi connectivity index (χ4v) is 9.62. The highest BCUT2D eigenvalue weighted by molar-refractivity contribution is 5.66. The number of pyridine rings is 2. The monoisotopic (exact) mass is 999 g/mol. The normalized spacial score (nSPS) is 15.7. The smallest absolute Gasteiger partial charge is 0.227 e. The van der Waals surface area contributed by atoms with Crippen molar-refractivity contribution in [2.24, 2.45) is 5.92 Å². The van der Waals surface area contributed by atoms with Gasteiger partial charge in [-0.1, -0.05) is 146 Å². The summed E-state index contributed by atoms with van der Waals surface area (Å²) in [6, 6.07) is 32.5. The second-order valence-corrected chi connectivity index (χ2v) is 19.6. The molecule has 0 spiro atoms. The van der Waals surface area contributed by atoms with Gasteiger partial charge in [-0.15, -0.1) is 0 Å². The number of benzene rings is 3. The third-order valence-corrected chi connectivity index (χ3v) is 13.5. The van der Waals surface area contributed by atoms with Crippen LogP contribution < -0.4 is 15.0 Å². The van der Waals surface area contributed by atoms with Crippen LogP contribution in [0.15, 0.2) is 128 Å². The number of fused-ring (bicyclic) bond motifs is 14. The Labute approximate surface area is 445 Å². The lowest BCUT2D eigenvalue weighted by atomic mass is 9.94. The lowest BCUT2D eigenvalue weighted by molar-refractivity contribution is 0.148. The molecule has 9 rings (SSSR count). The molecule has 12 bridgehead atoms. The summed E-state index contributed by atoms with van der Waals surface area (Å²) >= 11 is 0. The average molecular weight is 999 g/mol. The van der Waals surface area contributed by atoms with E-state index in [2.05, 4.69) is 146 Å². The molecule has 5 heterocycles. The van der Waals surface area contributed by atoms with Crippen LogP contribution in [0.5, 0.6) is 5.88 Å². The number of ether oxygens (including phenoxy) is 3. The summed E-state index contributed by atoms with van der Waals surface area (Å²) in [5.41, 5.74) is 15.2. The Kier molecular flexibility index (Phi) is 24.9. The van der Waals surface area contributed by atoms with Crippen LogP contribution in [-0.4, -0.2) is 53.3 Å². The minimum Gasteiger partial charge on any atom is -0.477 e. The zero-order valence-corrected chi connectivity index (χ0v) is 46.0. The van der Waals surface area contributed by atoms with E-state index in [4.69, 9.17) is 24.2 Å². The van der Waals surface area contributed by atoms with Crippen LogP contribution in [-0.2, 0) is 41.9 Å². The SMILES string of the molecule is CC.CCC.CCCCN(C)c1ccc2cc1COC/C=C/CCOc1cc(ccn1)-c1ccnc(n1)N2.Cc1ccc2nc1-c1cccc(c1)CCC/C=C/COCc1cc(ccc1CCCC1CCCC1)C2. The Bertz CT molecular complexity index is 2640. The minimum absolute atomic E-state index is 0.525. The van der Waals surface area contributed by atoms with Crippen LogP contribution in [0.1, 0.15) is 151 Å². The zero-order valence-electron chi connectivity index (χ0n) is 46.0. The molecule has 1 fully saturated rings. The van der Waals surface area contributed by atoms with Gasteiger partial charge in [-0.25, -0.2) is 15.0 Å². The molecule has 1 N–H and O–H groups in total. The summed E-state index contributed by atoms with van der Waals surface area (Å²) in [5, 5.41) is 3.35. The molecule has 74 heavy (non-hydrogen) atoms. The predicted molar refractivity (Wildman–Crippen MR) is 310 cm³/mol. The number of allylic oxidation sites excluding steroid dienone is 1. The first-order chi connectivity index (χ1) is 36.4. The summed E-state index contributed by atoms with van der Waals surface area (Å²) in [6.45, 7) is 16.6. The van der Waals surface area contributed by atoms with Crippen molar-refractivity contribution in [3.63, 3.8) is 0 Å². The molecule has 0 amide bonds. The number of rotatable bonds is 8.